The van der Waals surface area contributed by atoms with Crippen LogP contribution in [0.15, 0.2) is 12.7 Å². The van der Waals surface area contributed by atoms with E-state index in [2.05, 4.69) is 11.3 Å². The number of carbonyl (C=O) groups is 1. The van der Waals surface area contributed by atoms with Crippen LogP contribution < -0.4 is 0 Å². The first-order valence-corrected chi connectivity index (χ1v) is 3.18. The Bertz CT molecular complexity index is 109. The number of hydrogen-bond donors (Lipinski definition) is 0. The second-order valence-corrected chi connectivity index (χ2v) is 1.57. The van der Waals surface area contributed by atoms with Gasteiger partial charge in [-0.05, 0) is 6.92 Å². The monoisotopic (exact) mass is 144 g/mol. The van der Waals surface area contributed by atoms with Gasteiger partial charge in [-0.15, -0.1) is 0 Å². The van der Waals surface area contributed by atoms with E-state index in [0.717, 1.165) is 6.08 Å². The Morgan fingerprint density at radius 3 is 2.80 bits per heavy atom. The smallest absolute Gasteiger partial charge is 0.330 e. The molecule has 0 spiro atoms. The van der Waals surface area contributed by atoms with E-state index in [0.29, 0.717) is 19.8 Å². The number of esters is 1. The van der Waals surface area contributed by atoms with Gasteiger partial charge >= 0.3 is 5.97 Å². The number of ether oxygens (including phenoxy) is 2. The van der Waals surface area contributed by atoms with E-state index in [4.69, 9.17) is 4.74 Å². The quantitative estimate of drug-likeness (QED) is 0.324. The van der Waals surface area contributed by atoms with Crippen molar-refractivity contribution in [3.63, 3.8) is 0 Å². The van der Waals surface area contributed by atoms with Gasteiger partial charge in [-0.2, -0.15) is 0 Å². The molecule has 0 radical (unpaired) electrons. The number of hydrogen-bond acceptors (Lipinski definition) is 3. The summed E-state index contributed by atoms with van der Waals surface area (Å²) in [4.78, 5) is 10.4. The van der Waals surface area contributed by atoms with E-state index in [1.54, 1.807) is 0 Å². The third-order valence-corrected chi connectivity index (χ3v) is 0.843. The molecule has 0 aliphatic heterocycles. The summed E-state index contributed by atoms with van der Waals surface area (Å²) in [5, 5.41) is 0. The van der Waals surface area contributed by atoms with Crippen LogP contribution in [0.5, 0.6) is 0 Å². The summed E-state index contributed by atoms with van der Waals surface area (Å²) in [6, 6.07) is 0. The normalized spacial score (nSPS) is 8.90. The third kappa shape index (κ3) is 5.31. The summed E-state index contributed by atoms with van der Waals surface area (Å²) in [6.45, 7) is 6.53. The van der Waals surface area contributed by atoms with Crippen LogP contribution >= 0.6 is 0 Å². The molecule has 0 bridgehead atoms. The lowest BCUT2D eigenvalue weighted by Crippen LogP contribution is -2.07. The van der Waals surface area contributed by atoms with Crippen LogP contribution in [0.2, 0.25) is 0 Å². The van der Waals surface area contributed by atoms with Gasteiger partial charge in [0.1, 0.15) is 6.61 Å². The minimum absolute atomic E-state index is 0.304. The molecule has 0 aromatic heterocycles. The molecule has 0 aliphatic carbocycles. The predicted octanol–water partition coefficient (Wildman–Crippen LogP) is 0.752. The van der Waals surface area contributed by atoms with Crippen LogP contribution in [-0.2, 0) is 14.3 Å². The Morgan fingerprint density at radius 1 is 1.60 bits per heavy atom. The van der Waals surface area contributed by atoms with Gasteiger partial charge in [-0.25, -0.2) is 4.79 Å². The molecule has 0 amide bonds. The van der Waals surface area contributed by atoms with Crippen molar-refractivity contribution in [1.82, 2.24) is 0 Å². The molecule has 0 rings (SSSR count). The van der Waals surface area contributed by atoms with Crippen molar-refractivity contribution in [2.24, 2.45) is 0 Å². The summed E-state index contributed by atoms with van der Waals surface area (Å²) < 4.78 is 9.53. The first-order chi connectivity index (χ1) is 4.81. The van der Waals surface area contributed by atoms with Crippen molar-refractivity contribution < 1.29 is 14.3 Å². The molecule has 58 valence electrons. The molecule has 0 saturated carbocycles. The fraction of sp³-hybridized carbons (Fsp3) is 0.571. The maximum atomic E-state index is 10.4. The Morgan fingerprint density at radius 2 is 2.30 bits per heavy atom. The van der Waals surface area contributed by atoms with Crippen LogP contribution in [0.1, 0.15) is 6.92 Å². The second-order valence-electron chi connectivity index (χ2n) is 1.57. The fourth-order valence-electron chi connectivity index (χ4n) is 0.404. The van der Waals surface area contributed by atoms with Gasteiger partial charge in [0.25, 0.3) is 0 Å². The van der Waals surface area contributed by atoms with E-state index >= 15 is 0 Å². The van der Waals surface area contributed by atoms with Gasteiger partial charge in [0.05, 0.1) is 6.61 Å². The molecule has 3 heteroatoms. The molecule has 0 aromatic carbocycles. The van der Waals surface area contributed by atoms with Crippen LogP contribution in [0.4, 0.5) is 0 Å². The summed E-state index contributed by atoms with van der Waals surface area (Å²) in [6.07, 6.45) is 1.13. The standard InChI is InChI=1S/C7H12O3/c1-3-7(8)10-6-5-9-4-2/h3H,1,4-6H2,2H3. The minimum Gasteiger partial charge on any atom is -0.460 e. The Kier molecular flexibility index (Phi) is 5.77. The molecule has 10 heavy (non-hydrogen) atoms. The summed E-state index contributed by atoms with van der Waals surface area (Å²) >= 11 is 0. The van der Waals surface area contributed by atoms with Crippen molar-refractivity contribution >= 4 is 5.97 Å². The highest BCUT2D eigenvalue weighted by Crippen LogP contribution is 1.80. The van der Waals surface area contributed by atoms with E-state index in [1.807, 2.05) is 6.92 Å². The molecular formula is C7H12O3. The lowest BCUT2D eigenvalue weighted by molar-refractivity contribution is -0.139. The highest BCUT2D eigenvalue weighted by atomic mass is 16.6. The highest BCUT2D eigenvalue weighted by Gasteiger charge is 1.92. The van der Waals surface area contributed by atoms with Gasteiger partial charge in [-0.1, -0.05) is 6.58 Å². The van der Waals surface area contributed by atoms with Crippen molar-refractivity contribution in [3.8, 4) is 0 Å². The predicted molar refractivity (Wildman–Crippen MR) is 37.6 cm³/mol. The number of carbonyl (C=O) groups excluding carboxylic acids is 1. The lowest BCUT2D eigenvalue weighted by atomic mass is 10.6. The van der Waals surface area contributed by atoms with Crippen LogP contribution in [0.3, 0.4) is 0 Å². The zero-order valence-corrected chi connectivity index (χ0v) is 6.13. The van der Waals surface area contributed by atoms with Crippen LogP contribution in [0, 0.1) is 0 Å². The Hall–Kier alpha value is -0.830. The summed E-state index contributed by atoms with van der Waals surface area (Å²) in [5.74, 6) is -0.403. The van der Waals surface area contributed by atoms with Gasteiger partial charge in [0.15, 0.2) is 0 Å². The first kappa shape index (κ1) is 9.17. The van der Waals surface area contributed by atoms with Crippen molar-refractivity contribution in [2.75, 3.05) is 19.8 Å². The summed E-state index contributed by atoms with van der Waals surface area (Å²) in [5.41, 5.74) is 0. The minimum atomic E-state index is -0.403. The molecule has 3 nitrogen and oxygen atoms in total. The second kappa shape index (κ2) is 6.29. The van der Waals surface area contributed by atoms with E-state index in [-0.39, 0.29) is 0 Å². The number of rotatable bonds is 5. The zero-order valence-electron chi connectivity index (χ0n) is 6.13. The van der Waals surface area contributed by atoms with Crippen molar-refractivity contribution in [3.05, 3.63) is 12.7 Å². The first-order valence-electron chi connectivity index (χ1n) is 3.18. The maximum Gasteiger partial charge on any atom is 0.330 e. The van der Waals surface area contributed by atoms with Gasteiger partial charge < -0.3 is 9.47 Å². The van der Waals surface area contributed by atoms with Gasteiger partial charge in [0.2, 0.25) is 0 Å². The Labute approximate surface area is 60.6 Å². The molecule has 0 heterocycles. The third-order valence-electron chi connectivity index (χ3n) is 0.843. The molecule has 0 unspecified atom stereocenters. The topological polar surface area (TPSA) is 35.5 Å². The molecular weight excluding hydrogens is 132 g/mol. The van der Waals surface area contributed by atoms with Crippen molar-refractivity contribution in [2.45, 2.75) is 6.92 Å². The highest BCUT2D eigenvalue weighted by molar-refractivity contribution is 5.81. The zero-order chi connectivity index (χ0) is 7.82. The summed E-state index contributed by atoms with van der Waals surface area (Å²) in [7, 11) is 0. The Balaban J connectivity index is 3.03. The van der Waals surface area contributed by atoms with Crippen molar-refractivity contribution in [1.29, 1.82) is 0 Å². The van der Waals surface area contributed by atoms with Crippen LogP contribution in [0.25, 0.3) is 0 Å². The van der Waals surface area contributed by atoms with Crippen LogP contribution in [-0.4, -0.2) is 25.8 Å². The largest absolute Gasteiger partial charge is 0.460 e. The molecule has 0 aliphatic rings. The van der Waals surface area contributed by atoms with E-state index in [1.165, 1.54) is 0 Å². The average molecular weight is 144 g/mol. The average Bonchev–Trinajstić information content (AvgIpc) is 1.98. The molecule has 0 fully saturated rings. The molecule has 0 aromatic rings. The SMILES string of the molecule is C=CC(=O)OCCOCC. The lowest BCUT2D eigenvalue weighted by Gasteiger charge is -2.00. The van der Waals surface area contributed by atoms with Gasteiger partial charge in [0, 0.05) is 12.7 Å². The molecule has 0 saturated heterocycles. The maximum absolute atomic E-state index is 10.4. The van der Waals surface area contributed by atoms with Gasteiger partial charge in [-0.3, -0.25) is 0 Å². The van der Waals surface area contributed by atoms with E-state index in [9.17, 15) is 4.79 Å². The van der Waals surface area contributed by atoms with E-state index < -0.39 is 5.97 Å². The molecule has 0 atom stereocenters. The fourth-order valence-corrected chi connectivity index (χ4v) is 0.404. The molecule has 0 N–H and O–H groups in total.